The summed E-state index contributed by atoms with van der Waals surface area (Å²) < 4.78 is 33.6. The summed E-state index contributed by atoms with van der Waals surface area (Å²) in [4.78, 5) is 27.5. The van der Waals surface area contributed by atoms with E-state index in [0.29, 0.717) is 22.6 Å². The number of carbonyl (C=O) groups excluding carboxylic acids is 2. The monoisotopic (exact) mass is 567 g/mol. The molecule has 1 saturated heterocycles. The zero-order valence-corrected chi connectivity index (χ0v) is 23.1. The Hall–Kier alpha value is -5.10. The molecule has 0 spiro atoms. The van der Waals surface area contributed by atoms with Crippen LogP contribution in [0.4, 0.5) is 9.18 Å². The van der Waals surface area contributed by atoms with E-state index in [2.05, 4.69) is 6.07 Å². The van der Waals surface area contributed by atoms with Gasteiger partial charge in [0, 0.05) is 24.8 Å². The highest BCUT2D eigenvalue weighted by Crippen LogP contribution is 2.36. The first-order valence-corrected chi connectivity index (χ1v) is 13.7. The third-order valence-corrected chi connectivity index (χ3v) is 7.08. The number of nitrogens with zero attached hydrogens (tertiary/aromatic N) is 3. The summed E-state index contributed by atoms with van der Waals surface area (Å²) in [7, 11) is 0. The lowest BCUT2D eigenvalue weighted by atomic mass is 10.0. The maximum atomic E-state index is 15.5. The van der Waals surface area contributed by atoms with Crippen LogP contribution in [0.3, 0.4) is 0 Å². The van der Waals surface area contributed by atoms with Gasteiger partial charge in [0.25, 0.3) is 0 Å². The van der Waals surface area contributed by atoms with Crippen molar-refractivity contribution in [3.05, 3.63) is 108 Å². The summed E-state index contributed by atoms with van der Waals surface area (Å²) in [6.07, 6.45) is -0.303. The number of likely N-dealkylation sites (tertiary alicyclic amines) is 1. The average Bonchev–Trinajstić information content (AvgIpc) is 3.41. The fourth-order valence-corrected chi connectivity index (χ4v) is 4.99. The fourth-order valence-electron chi connectivity index (χ4n) is 4.99. The SMILES string of the molecule is CCOC(=O)c1c(C#N)c(-c2ccc(Oc3ccccc3)cc2)cn1C1CN(C(=O)OCc2ccccc2)CCC1F. The van der Waals surface area contributed by atoms with Crippen LogP contribution in [0.15, 0.2) is 91.1 Å². The van der Waals surface area contributed by atoms with Gasteiger partial charge in [-0.2, -0.15) is 5.26 Å². The number of benzene rings is 3. The van der Waals surface area contributed by atoms with E-state index in [0.717, 1.165) is 5.56 Å². The van der Waals surface area contributed by atoms with Crippen LogP contribution in [-0.2, 0) is 16.1 Å². The van der Waals surface area contributed by atoms with Crippen LogP contribution < -0.4 is 4.74 Å². The van der Waals surface area contributed by atoms with E-state index < -0.39 is 24.3 Å². The molecule has 214 valence electrons. The normalized spacial score (nSPS) is 16.4. The quantitative estimate of drug-likeness (QED) is 0.215. The van der Waals surface area contributed by atoms with E-state index in [-0.39, 0.29) is 44.0 Å². The van der Waals surface area contributed by atoms with Crippen LogP contribution in [0.25, 0.3) is 11.1 Å². The number of amides is 1. The Balaban J connectivity index is 1.43. The molecular weight excluding hydrogens is 537 g/mol. The zero-order valence-electron chi connectivity index (χ0n) is 23.1. The highest BCUT2D eigenvalue weighted by Gasteiger charge is 2.37. The predicted molar refractivity (Wildman–Crippen MR) is 154 cm³/mol. The molecule has 4 aromatic rings. The molecule has 1 aromatic heterocycles. The molecule has 0 bridgehead atoms. The summed E-state index contributed by atoms with van der Waals surface area (Å²) in [5, 5.41) is 10.1. The third kappa shape index (κ3) is 6.28. The standard InChI is InChI=1S/C33H30FN3O5/c1-2-40-32(38)31-27(19-35)28(24-13-15-26(16-14-24)42-25-11-7-4-8-12-25)20-37(31)30-21-36(18-17-29(30)34)33(39)41-22-23-9-5-3-6-10-23/h3-16,20,29-30H,2,17-18,21-22H2,1H3. The van der Waals surface area contributed by atoms with Gasteiger partial charge in [-0.25, -0.2) is 14.0 Å². The van der Waals surface area contributed by atoms with Gasteiger partial charge in [0.2, 0.25) is 0 Å². The summed E-state index contributed by atoms with van der Waals surface area (Å²) in [5.74, 6) is 0.534. The number of para-hydroxylation sites is 1. The minimum atomic E-state index is -1.37. The molecule has 0 radical (unpaired) electrons. The molecule has 2 heterocycles. The third-order valence-electron chi connectivity index (χ3n) is 7.08. The molecule has 2 atom stereocenters. The van der Waals surface area contributed by atoms with Crippen molar-refractivity contribution >= 4 is 12.1 Å². The van der Waals surface area contributed by atoms with Gasteiger partial charge in [-0.15, -0.1) is 0 Å². The molecule has 8 nitrogen and oxygen atoms in total. The molecule has 1 aliphatic rings. The minimum Gasteiger partial charge on any atom is -0.461 e. The Morgan fingerprint density at radius 2 is 1.62 bits per heavy atom. The number of aromatic nitrogens is 1. The largest absolute Gasteiger partial charge is 0.461 e. The number of hydrogen-bond donors (Lipinski definition) is 0. The number of esters is 1. The maximum Gasteiger partial charge on any atom is 0.410 e. The molecule has 3 aromatic carbocycles. The smallest absolute Gasteiger partial charge is 0.410 e. The number of ether oxygens (including phenoxy) is 3. The van der Waals surface area contributed by atoms with Crippen molar-refractivity contribution in [3.8, 4) is 28.7 Å². The summed E-state index contributed by atoms with van der Waals surface area (Å²) in [5.41, 5.74) is 1.94. The summed E-state index contributed by atoms with van der Waals surface area (Å²) in [6.45, 7) is 1.96. The molecule has 9 heteroatoms. The van der Waals surface area contributed by atoms with E-state index in [1.165, 1.54) is 9.47 Å². The lowest BCUT2D eigenvalue weighted by Crippen LogP contribution is -2.46. The van der Waals surface area contributed by atoms with Crippen molar-refractivity contribution in [1.29, 1.82) is 5.26 Å². The Morgan fingerprint density at radius 1 is 0.952 bits per heavy atom. The highest BCUT2D eigenvalue weighted by atomic mass is 19.1. The lowest BCUT2D eigenvalue weighted by Gasteiger charge is -2.35. The lowest BCUT2D eigenvalue weighted by molar-refractivity contribution is 0.0464. The Bertz CT molecular complexity index is 1570. The Morgan fingerprint density at radius 3 is 2.29 bits per heavy atom. The van der Waals surface area contributed by atoms with Gasteiger partial charge in [0.05, 0.1) is 18.2 Å². The van der Waals surface area contributed by atoms with E-state index in [1.54, 1.807) is 37.4 Å². The van der Waals surface area contributed by atoms with Gasteiger partial charge in [-0.1, -0.05) is 60.7 Å². The molecule has 0 aliphatic carbocycles. The Kier molecular flexibility index (Phi) is 8.83. The van der Waals surface area contributed by atoms with Crippen LogP contribution in [0, 0.1) is 11.3 Å². The number of piperidine rings is 1. The van der Waals surface area contributed by atoms with E-state index in [1.807, 2.05) is 60.7 Å². The van der Waals surface area contributed by atoms with Crippen LogP contribution >= 0.6 is 0 Å². The van der Waals surface area contributed by atoms with Crippen molar-refractivity contribution < 1.29 is 28.2 Å². The first kappa shape index (κ1) is 28.4. The van der Waals surface area contributed by atoms with E-state index >= 15 is 4.39 Å². The molecular formula is C33H30FN3O5. The highest BCUT2D eigenvalue weighted by molar-refractivity contribution is 5.94. The van der Waals surface area contributed by atoms with Gasteiger partial charge in [-0.3, -0.25) is 0 Å². The van der Waals surface area contributed by atoms with E-state index in [9.17, 15) is 14.9 Å². The average molecular weight is 568 g/mol. The van der Waals surface area contributed by atoms with Crippen molar-refractivity contribution in [2.24, 2.45) is 0 Å². The summed E-state index contributed by atoms with van der Waals surface area (Å²) in [6, 6.07) is 26.8. The number of alkyl halides is 1. The van der Waals surface area contributed by atoms with E-state index in [4.69, 9.17) is 14.2 Å². The van der Waals surface area contributed by atoms with Gasteiger partial charge < -0.3 is 23.7 Å². The second-order valence-corrected chi connectivity index (χ2v) is 9.80. The molecule has 1 amide bonds. The second-order valence-electron chi connectivity index (χ2n) is 9.80. The first-order valence-electron chi connectivity index (χ1n) is 13.7. The van der Waals surface area contributed by atoms with Crippen LogP contribution in [0.1, 0.15) is 41.0 Å². The topological polar surface area (TPSA) is 93.8 Å². The molecule has 0 N–H and O–H groups in total. The van der Waals surface area contributed by atoms with Crippen molar-refractivity contribution in [2.75, 3.05) is 19.7 Å². The van der Waals surface area contributed by atoms with Crippen molar-refractivity contribution in [3.63, 3.8) is 0 Å². The number of halogens is 1. The number of carbonyl (C=O) groups is 2. The molecule has 1 aliphatic heterocycles. The fraction of sp³-hybridized carbons (Fsp3) is 0.242. The molecule has 1 fully saturated rings. The molecule has 2 unspecified atom stereocenters. The van der Waals surface area contributed by atoms with Gasteiger partial charge in [-0.05, 0) is 48.7 Å². The molecule has 5 rings (SSSR count). The zero-order chi connectivity index (χ0) is 29.5. The number of hydrogen-bond acceptors (Lipinski definition) is 6. The van der Waals surface area contributed by atoms with Crippen LogP contribution in [-0.4, -0.2) is 47.4 Å². The maximum absolute atomic E-state index is 15.5. The Labute approximate surface area is 243 Å². The predicted octanol–water partition coefficient (Wildman–Crippen LogP) is 6.92. The van der Waals surface area contributed by atoms with Crippen LogP contribution in [0.5, 0.6) is 11.5 Å². The minimum absolute atomic E-state index is 0.0377. The second kappa shape index (κ2) is 13.0. The van der Waals surface area contributed by atoms with Gasteiger partial charge >= 0.3 is 12.1 Å². The van der Waals surface area contributed by atoms with Crippen LogP contribution in [0.2, 0.25) is 0 Å². The number of rotatable bonds is 8. The molecule has 42 heavy (non-hydrogen) atoms. The van der Waals surface area contributed by atoms with Gasteiger partial charge in [0.1, 0.15) is 36.0 Å². The molecule has 0 saturated carbocycles. The summed E-state index contributed by atoms with van der Waals surface area (Å²) >= 11 is 0. The van der Waals surface area contributed by atoms with Crippen molar-refractivity contribution in [2.45, 2.75) is 32.2 Å². The van der Waals surface area contributed by atoms with Gasteiger partial charge in [0.15, 0.2) is 0 Å². The first-order chi connectivity index (χ1) is 20.5. The number of nitriles is 1. The van der Waals surface area contributed by atoms with Crippen molar-refractivity contribution in [1.82, 2.24) is 9.47 Å².